The van der Waals surface area contributed by atoms with Crippen LogP contribution >= 0.6 is 0 Å². The summed E-state index contributed by atoms with van der Waals surface area (Å²) in [7, 11) is 0. The number of carboxylic acid groups (broad SMARTS) is 1. The molecule has 0 radical (unpaired) electrons. The van der Waals surface area contributed by atoms with Crippen LogP contribution in [0.2, 0.25) is 0 Å². The normalized spacial score (nSPS) is 16.8. The Hall–Kier alpha value is -2.62. The van der Waals surface area contributed by atoms with E-state index >= 15 is 0 Å². The molecule has 0 amide bonds. The van der Waals surface area contributed by atoms with Crippen LogP contribution in [0.25, 0.3) is 10.9 Å². The van der Waals surface area contributed by atoms with Crippen LogP contribution in [0.15, 0.2) is 42.5 Å². The molecule has 1 aliphatic carbocycles. The molecule has 0 bridgehead atoms. The minimum absolute atomic E-state index is 0.234. The number of halogens is 1. The van der Waals surface area contributed by atoms with E-state index in [0.29, 0.717) is 18.0 Å². The van der Waals surface area contributed by atoms with Crippen molar-refractivity contribution in [2.45, 2.75) is 38.6 Å². The van der Waals surface area contributed by atoms with Gasteiger partial charge in [-0.1, -0.05) is 19.1 Å². The monoisotopic (exact) mass is 337 g/mol. The van der Waals surface area contributed by atoms with Crippen molar-refractivity contribution in [2.24, 2.45) is 0 Å². The molecule has 0 spiro atoms. The zero-order chi connectivity index (χ0) is 17.6. The van der Waals surface area contributed by atoms with Gasteiger partial charge in [0.2, 0.25) is 0 Å². The Balaban J connectivity index is 1.91. The fraction of sp³-hybridized carbons (Fsp3) is 0.286. The second-order valence-electron chi connectivity index (χ2n) is 6.91. The molecule has 0 fully saturated rings. The smallest absolute Gasteiger partial charge is 0.335 e. The molecule has 25 heavy (non-hydrogen) atoms. The van der Waals surface area contributed by atoms with E-state index in [9.17, 15) is 14.3 Å². The maximum atomic E-state index is 13.2. The number of aryl methyl sites for hydroxylation is 1. The lowest BCUT2D eigenvalue weighted by molar-refractivity contribution is 0.0697. The van der Waals surface area contributed by atoms with E-state index in [1.165, 1.54) is 23.4 Å². The highest BCUT2D eigenvalue weighted by Crippen LogP contribution is 2.39. The van der Waals surface area contributed by atoms with Crippen LogP contribution in [0.1, 0.15) is 52.9 Å². The SMILES string of the molecule is CC1CCCc2c1n(Cc1ccc(F)cc1)c1ccc(C(=O)O)cc21. The van der Waals surface area contributed by atoms with E-state index in [1.54, 1.807) is 12.1 Å². The molecule has 4 rings (SSSR count). The molecular weight excluding hydrogens is 317 g/mol. The molecule has 1 N–H and O–H groups in total. The number of hydrogen-bond donors (Lipinski definition) is 1. The van der Waals surface area contributed by atoms with Crippen molar-refractivity contribution in [3.05, 3.63) is 70.7 Å². The average Bonchev–Trinajstić information content (AvgIpc) is 2.91. The van der Waals surface area contributed by atoms with Gasteiger partial charge in [-0.25, -0.2) is 9.18 Å². The van der Waals surface area contributed by atoms with Gasteiger partial charge in [0.15, 0.2) is 0 Å². The molecule has 3 nitrogen and oxygen atoms in total. The number of hydrogen-bond acceptors (Lipinski definition) is 1. The number of aromatic nitrogens is 1. The minimum atomic E-state index is -0.897. The fourth-order valence-electron chi connectivity index (χ4n) is 4.07. The third-order valence-corrected chi connectivity index (χ3v) is 5.24. The molecule has 2 aromatic carbocycles. The van der Waals surface area contributed by atoms with Crippen molar-refractivity contribution in [2.75, 3.05) is 0 Å². The minimum Gasteiger partial charge on any atom is -0.478 e. The summed E-state index contributed by atoms with van der Waals surface area (Å²) in [5, 5.41) is 10.4. The maximum absolute atomic E-state index is 13.2. The van der Waals surface area contributed by atoms with Crippen molar-refractivity contribution < 1.29 is 14.3 Å². The van der Waals surface area contributed by atoms with Crippen molar-refractivity contribution >= 4 is 16.9 Å². The fourth-order valence-corrected chi connectivity index (χ4v) is 4.07. The summed E-state index contributed by atoms with van der Waals surface area (Å²) < 4.78 is 15.5. The first-order chi connectivity index (χ1) is 12.0. The van der Waals surface area contributed by atoms with Gasteiger partial charge in [-0.2, -0.15) is 0 Å². The van der Waals surface area contributed by atoms with Crippen molar-refractivity contribution in [3.8, 4) is 0 Å². The van der Waals surface area contributed by atoms with Crippen molar-refractivity contribution in [1.82, 2.24) is 4.57 Å². The van der Waals surface area contributed by atoms with E-state index < -0.39 is 5.97 Å². The van der Waals surface area contributed by atoms with Gasteiger partial charge in [0.1, 0.15) is 5.82 Å². The zero-order valence-electron chi connectivity index (χ0n) is 14.1. The van der Waals surface area contributed by atoms with E-state index in [1.807, 2.05) is 18.2 Å². The molecule has 1 unspecified atom stereocenters. The predicted molar refractivity (Wildman–Crippen MR) is 95.8 cm³/mol. The number of aromatic carboxylic acids is 1. The highest BCUT2D eigenvalue weighted by atomic mass is 19.1. The van der Waals surface area contributed by atoms with E-state index in [-0.39, 0.29) is 5.82 Å². The summed E-state index contributed by atoms with van der Waals surface area (Å²) in [6.45, 7) is 2.90. The van der Waals surface area contributed by atoms with Gasteiger partial charge in [0.05, 0.1) is 5.56 Å². The molecule has 3 aromatic rings. The number of benzene rings is 2. The van der Waals surface area contributed by atoms with Crippen LogP contribution in [-0.4, -0.2) is 15.6 Å². The number of nitrogens with zero attached hydrogens (tertiary/aromatic N) is 1. The summed E-state index contributed by atoms with van der Waals surface area (Å²) in [5.74, 6) is -0.696. The average molecular weight is 337 g/mol. The van der Waals surface area contributed by atoms with Crippen LogP contribution in [0, 0.1) is 5.82 Å². The molecule has 4 heteroatoms. The third kappa shape index (κ3) is 2.72. The van der Waals surface area contributed by atoms with E-state index in [2.05, 4.69) is 11.5 Å². The first kappa shape index (κ1) is 15.9. The number of fused-ring (bicyclic) bond motifs is 3. The summed E-state index contributed by atoms with van der Waals surface area (Å²) in [4.78, 5) is 11.4. The van der Waals surface area contributed by atoms with E-state index in [4.69, 9.17) is 0 Å². The molecule has 0 saturated carbocycles. The van der Waals surface area contributed by atoms with Crippen LogP contribution in [0.3, 0.4) is 0 Å². The summed E-state index contributed by atoms with van der Waals surface area (Å²) in [6, 6.07) is 12.0. The van der Waals surface area contributed by atoms with Gasteiger partial charge >= 0.3 is 5.97 Å². The Morgan fingerprint density at radius 3 is 2.72 bits per heavy atom. The largest absolute Gasteiger partial charge is 0.478 e. The first-order valence-electron chi connectivity index (χ1n) is 8.67. The van der Waals surface area contributed by atoms with Gasteiger partial charge in [-0.3, -0.25) is 0 Å². The molecule has 1 atom stereocenters. The number of carbonyl (C=O) groups is 1. The molecule has 1 aliphatic rings. The Morgan fingerprint density at radius 1 is 1.24 bits per heavy atom. The number of rotatable bonds is 3. The van der Waals surface area contributed by atoms with Crippen LogP contribution in [0.4, 0.5) is 4.39 Å². The van der Waals surface area contributed by atoms with Gasteiger partial charge in [0, 0.05) is 23.1 Å². The topological polar surface area (TPSA) is 42.2 Å². The highest BCUT2D eigenvalue weighted by Gasteiger charge is 2.25. The lowest BCUT2D eigenvalue weighted by atomic mass is 9.87. The highest BCUT2D eigenvalue weighted by molar-refractivity contribution is 5.95. The predicted octanol–water partition coefficient (Wildman–Crippen LogP) is 4.97. The Labute approximate surface area is 145 Å². The first-order valence-corrected chi connectivity index (χ1v) is 8.67. The standard InChI is InChI=1S/C21H20FNO2/c1-13-3-2-4-17-18-11-15(21(24)25)7-10-19(18)23(20(13)17)12-14-5-8-16(22)9-6-14/h5-11,13H,2-4,12H2,1H3,(H,24,25). The van der Waals surface area contributed by atoms with Gasteiger partial charge in [0.25, 0.3) is 0 Å². The number of carboxylic acids is 1. The molecule has 128 valence electrons. The molecule has 0 aliphatic heterocycles. The lowest BCUT2D eigenvalue weighted by Crippen LogP contribution is -2.12. The lowest BCUT2D eigenvalue weighted by Gasteiger charge is -2.22. The van der Waals surface area contributed by atoms with Gasteiger partial charge in [-0.15, -0.1) is 0 Å². The maximum Gasteiger partial charge on any atom is 0.335 e. The van der Waals surface area contributed by atoms with Gasteiger partial charge < -0.3 is 9.67 Å². The second kappa shape index (κ2) is 6.03. The summed E-state index contributed by atoms with van der Waals surface area (Å²) in [5.41, 5.74) is 5.01. The van der Waals surface area contributed by atoms with Crippen molar-refractivity contribution in [3.63, 3.8) is 0 Å². The van der Waals surface area contributed by atoms with Crippen LogP contribution in [-0.2, 0) is 13.0 Å². The van der Waals surface area contributed by atoms with Crippen LogP contribution in [0.5, 0.6) is 0 Å². The quantitative estimate of drug-likeness (QED) is 0.733. The summed E-state index contributed by atoms with van der Waals surface area (Å²) in [6.07, 6.45) is 3.25. The van der Waals surface area contributed by atoms with Crippen LogP contribution < -0.4 is 0 Å². The summed E-state index contributed by atoms with van der Waals surface area (Å²) >= 11 is 0. The third-order valence-electron chi connectivity index (χ3n) is 5.24. The Kier molecular flexibility index (Phi) is 3.83. The molecule has 1 heterocycles. The Morgan fingerprint density at radius 2 is 2.00 bits per heavy atom. The Bertz CT molecular complexity index is 956. The second-order valence-corrected chi connectivity index (χ2v) is 6.91. The molecule has 0 saturated heterocycles. The van der Waals surface area contributed by atoms with Gasteiger partial charge in [-0.05, 0) is 66.6 Å². The zero-order valence-corrected chi connectivity index (χ0v) is 14.1. The van der Waals surface area contributed by atoms with Crippen molar-refractivity contribution in [1.29, 1.82) is 0 Å². The molecular formula is C21H20FNO2. The molecule has 1 aromatic heterocycles. The van der Waals surface area contributed by atoms with E-state index in [0.717, 1.165) is 35.7 Å².